The zero-order chi connectivity index (χ0) is 10.7. The van der Waals surface area contributed by atoms with Crippen molar-refractivity contribution >= 4 is 23.2 Å². The van der Waals surface area contributed by atoms with Crippen LogP contribution >= 0.6 is 11.8 Å². The number of benzene rings is 1. The molecule has 1 aliphatic heterocycles. The molecular weight excluding hydrogens is 212 g/mol. The lowest BCUT2D eigenvalue weighted by Crippen LogP contribution is -2.36. The van der Waals surface area contributed by atoms with E-state index in [0.29, 0.717) is 0 Å². The van der Waals surface area contributed by atoms with Crippen molar-refractivity contribution < 1.29 is 4.74 Å². The predicted octanol–water partition coefficient (Wildman–Crippen LogP) is 2.40. The van der Waals surface area contributed by atoms with E-state index in [9.17, 15) is 0 Å². The molecule has 1 aliphatic rings. The smallest absolute Gasteiger partial charge is 0.0727 e. The zero-order valence-corrected chi connectivity index (χ0v) is 9.55. The quantitative estimate of drug-likeness (QED) is 0.784. The third-order valence-corrected chi connectivity index (χ3v) is 2.81. The van der Waals surface area contributed by atoms with Gasteiger partial charge in [0.2, 0.25) is 0 Å². The molecule has 3 nitrogen and oxygen atoms in total. The molecule has 0 unspecified atom stereocenters. The van der Waals surface area contributed by atoms with Gasteiger partial charge in [-0.2, -0.15) is 0 Å². The highest BCUT2D eigenvalue weighted by Gasteiger charge is 2.14. The van der Waals surface area contributed by atoms with Gasteiger partial charge in [0.15, 0.2) is 0 Å². The van der Waals surface area contributed by atoms with E-state index in [1.807, 2.05) is 0 Å². The molecule has 1 saturated heterocycles. The van der Waals surface area contributed by atoms with Crippen LogP contribution in [0.2, 0.25) is 0 Å². The molecule has 0 saturated carbocycles. The van der Waals surface area contributed by atoms with E-state index < -0.39 is 0 Å². The molecule has 4 heteroatoms. The van der Waals surface area contributed by atoms with Crippen LogP contribution in [-0.2, 0) is 4.74 Å². The first-order valence-electron chi connectivity index (χ1n) is 5.11. The largest absolute Gasteiger partial charge is 0.378 e. The highest BCUT2D eigenvalue weighted by atomic mass is 35.5. The van der Waals surface area contributed by atoms with Crippen LogP contribution in [0, 0.1) is 6.92 Å². The molecule has 0 atom stereocenters. The van der Waals surface area contributed by atoms with E-state index in [-0.39, 0.29) is 0 Å². The maximum atomic E-state index is 5.72. The molecule has 1 heterocycles. The molecule has 1 aromatic rings. The molecule has 0 spiro atoms. The topological polar surface area (TPSA) is 24.5 Å². The molecule has 0 aliphatic carbocycles. The summed E-state index contributed by atoms with van der Waals surface area (Å²) in [6.07, 6.45) is 0. The Morgan fingerprint density at radius 2 is 2.07 bits per heavy atom. The van der Waals surface area contributed by atoms with Gasteiger partial charge in [-0.25, -0.2) is 0 Å². The first-order chi connectivity index (χ1) is 7.31. The van der Waals surface area contributed by atoms with Crippen molar-refractivity contribution in [3.05, 3.63) is 23.8 Å². The van der Waals surface area contributed by atoms with Gasteiger partial charge >= 0.3 is 0 Å². The SMILES string of the molecule is Cc1ccc(N2CCOCC2)c(NCl)c1. The van der Waals surface area contributed by atoms with Gasteiger partial charge in [0, 0.05) is 24.9 Å². The second-order valence-electron chi connectivity index (χ2n) is 3.71. The summed E-state index contributed by atoms with van der Waals surface area (Å²) >= 11 is 5.72. The first-order valence-corrected chi connectivity index (χ1v) is 5.49. The van der Waals surface area contributed by atoms with E-state index in [2.05, 4.69) is 34.9 Å². The van der Waals surface area contributed by atoms with Gasteiger partial charge in [0.05, 0.1) is 24.6 Å². The Balaban J connectivity index is 2.25. The van der Waals surface area contributed by atoms with Crippen LogP contribution in [0.5, 0.6) is 0 Å². The lowest BCUT2D eigenvalue weighted by molar-refractivity contribution is 0.123. The molecule has 1 fully saturated rings. The molecule has 0 bridgehead atoms. The number of anilines is 2. The minimum absolute atomic E-state index is 0.787. The number of aryl methyl sites for hydroxylation is 1. The van der Waals surface area contributed by atoms with Gasteiger partial charge in [-0.15, -0.1) is 0 Å². The Kier molecular flexibility index (Phi) is 3.34. The third-order valence-electron chi connectivity index (χ3n) is 2.61. The summed E-state index contributed by atoms with van der Waals surface area (Å²) in [4.78, 5) is 5.01. The van der Waals surface area contributed by atoms with E-state index in [1.165, 1.54) is 5.56 Å². The summed E-state index contributed by atoms with van der Waals surface area (Å²) < 4.78 is 5.32. The summed E-state index contributed by atoms with van der Waals surface area (Å²) in [5.41, 5.74) is 3.33. The summed E-state index contributed by atoms with van der Waals surface area (Å²) in [6.45, 7) is 5.48. The fraction of sp³-hybridized carbons (Fsp3) is 0.455. The van der Waals surface area contributed by atoms with Crippen molar-refractivity contribution in [3.63, 3.8) is 0 Å². The molecular formula is C11H15ClN2O. The molecule has 0 aromatic heterocycles. The van der Waals surface area contributed by atoms with Crippen molar-refractivity contribution in [2.75, 3.05) is 36.0 Å². The van der Waals surface area contributed by atoms with E-state index in [4.69, 9.17) is 16.5 Å². The third kappa shape index (κ3) is 2.36. The van der Waals surface area contributed by atoms with E-state index >= 15 is 0 Å². The van der Waals surface area contributed by atoms with Crippen molar-refractivity contribution in [1.82, 2.24) is 0 Å². The number of morpholine rings is 1. The monoisotopic (exact) mass is 226 g/mol. The molecule has 1 N–H and O–H groups in total. The maximum absolute atomic E-state index is 5.72. The first kappa shape index (κ1) is 10.6. The van der Waals surface area contributed by atoms with Crippen molar-refractivity contribution in [1.29, 1.82) is 0 Å². The normalized spacial score (nSPS) is 16.5. The highest BCUT2D eigenvalue weighted by Crippen LogP contribution is 2.28. The van der Waals surface area contributed by atoms with E-state index in [1.54, 1.807) is 0 Å². The molecule has 0 radical (unpaired) electrons. The molecule has 1 aromatic carbocycles. The van der Waals surface area contributed by atoms with Gasteiger partial charge in [0.25, 0.3) is 0 Å². The standard InChI is InChI=1S/C11H15ClN2O/c1-9-2-3-11(10(8-9)13-12)14-4-6-15-7-5-14/h2-3,8,13H,4-7H2,1H3. The van der Waals surface area contributed by atoms with Crippen LogP contribution in [0.3, 0.4) is 0 Å². The van der Waals surface area contributed by atoms with Crippen LogP contribution in [0.15, 0.2) is 18.2 Å². The minimum Gasteiger partial charge on any atom is -0.378 e. The Labute approximate surface area is 95.1 Å². The van der Waals surface area contributed by atoms with Gasteiger partial charge in [0.1, 0.15) is 0 Å². The predicted molar refractivity (Wildman–Crippen MR) is 63.7 cm³/mol. The fourth-order valence-corrected chi connectivity index (χ4v) is 1.96. The van der Waals surface area contributed by atoms with Crippen molar-refractivity contribution in [2.45, 2.75) is 6.92 Å². The average Bonchev–Trinajstić information content (AvgIpc) is 2.30. The molecule has 82 valence electrons. The van der Waals surface area contributed by atoms with Crippen molar-refractivity contribution in [2.24, 2.45) is 0 Å². The average molecular weight is 227 g/mol. The molecule has 2 rings (SSSR count). The summed E-state index contributed by atoms with van der Waals surface area (Å²) in [6, 6.07) is 6.26. The van der Waals surface area contributed by atoms with Crippen LogP contribution in [0.4, 0.5) is 11.4 Å². The number of rotatable bonds is 2. The number of nitrogens with one attached hydrogen (secondary N) is 1. The van der Waals surface area contributed by atoms with Gasteiger partial charge in [-0.1, -0.05) is 6.07 Å². The summed E-state index contributed by atoms with van der Waals surface area (Å²) in [5, 5.41) is 0. The van der Waals surface area contributed by atoms with Gasteiger partial charge < -0.3 is 9.64 Å². The van der Waals surface area contributed by atoms with Gasteiger partial charge in [-0.3, -0.25) is 4.84 Å². The lowest BCUT2D eigenvalue weighted by Gasteiger charge is -2.30. The van der Waals surface area contributed by atoms with Crippen LogP contribution < -0.4 is 9.74 Å². The Morgan fingerprint density at radius 1 is 1.33 bits per heavy atom. The van der Waals surface area contributed by atoms with Crippen LogP contribution in [0.1, 0.15) is 5.56 Å². The fourth-order valence-electron chi connectivity index (χ4n) is 1.81. The Hall–Kier alpha value is -0.930. The van der Waals surface area contributed by atoms with Crippen LogP contribution in [0.25, 0.3) is 0 Å². The Bertz CT molecular complexity index is 337. The molecule has 0 amide bonds. The molecule has 15 heavy (non-hydrogen) atoms. The number of hydrogen-bond acceptors (Lipinski definition) is 3. The minimum atomic E-state index is 0.787. The van der Waals surface area contributed by atoms with Crippen molar-refractivity contribution in [3.8, 4) is 0 Å². The summed E-state index contributed by atoms with van der Waals surface area (Å²) in [5.74, 6) is 0. The number of nitrogens with zero attached hydrogens (tertiary/aromatic N) is 1. The second-order valence-corrected chi connectivity index (χ2v) is 3.90. The number of ether oxygens (including phenoxy) is 1. The number of halogens is 1. The van der Waals surface area contributed by atoms with E-state index in [0.717, 1.165) is 37.7 Å². The number of hydrogen-bond donors (Lipinski definition) is 1. The lowest BCUT2D eigenvalue weighted by atomic mass is 10.1. The van der Waals surface area contributed by atoms with Gasteiger partial charge in [-0.05, 0) is 24.6 Å². The Morgan fingerprint density at radius 3 is 2.73 bits per heavy atom. The maximum Gasteiger partial charge on any atom is 0.0727 e. The zero-order valence-electron chi connectivity index (χ0n) is 8.79. The second kappa shape index (κ2) is 4.73. The van der Waals surface area contributed by atoms with Crippen LogP contribution in [-0.4, -0.2) is 26.3 Å². The highest BCUT2D eigenvalue weighted by molar-refractivity contribution is 6.24. The summed E-state index contributed by atoms with van der Waals surface area (Å²) in [7, 11) is 0.